The van der Waals surface area contributed by atoms with Gasteiger partial charge in [-0.1, -0.05) is 17.7 Å². The fourth-order valence-electron chi connectivity index (χ4n) is 1.22. The third kappa shape index (κ3) is 1.98. The van der Waals surface area contributed by atoms with Gasteiger partial charge in [0.15, 0.2) is 5.11 Å². The molecule has 1 amide bonds. The number of benzene rings is 1. The van der Waals surface area contributed by atoms with Crippen molar-refractivity contribution >= 4 is 28.9 Å². The molecule has 0 saturated carbocycles. The third-order valence-electron chi connectivity index (χ3n) is 2.00. The Morgan fingerprint density at radius 1 is 1.33 bits per heavy atom. The lowest BCUT2D eigenvalue weighted by Gasteiger charge is -1.98. The standard InChI is InChI=1S/C10H7N3OS/c1-6-2-4-7(5-3-6)8-9(14)11-10(15)13-12-8/h2-5H,1H3/p+1. The monoisotopic (exact) mass is 218 g/mol. The number of nitrogens with zero attached hydrogens (tertiary/aromatic N) is 2. The second-order valence-corrected chi connectivity index (χ2v) is 3.56. The molecule has 0 saturated heterocycles. The highest BCUT2D eigenvalue weighted by molar-refractivity contribution is 7.80. The first-order valence-electron chi connectivity index (χ1n) is 4.38. The van der Waals surface area contributed by atoms with Crippen LogP contribution in [0.1, 0.15) is 11.1 Å². The highest BCUT2D eigenvalue weighted by atomic mass is 32.1. The summed E-state index contributed by atoms with van der Waals surface area (Å²) in [5.74, 6) is -0.307. The van der Waals surface area contributed by atoms with E-state index in [0.29, 0.717) is 5.71 Å². The number of amides is 1. The van der Waals surface area contributed by atoms with E-state index in [9.17, 15) is 4.79 Å². The number of rotatable bonds is 1. The van der Waals surface area contributed by atoms with Crippen molar-refractivity contribution in [3.63, 3.8) is 0 Å². The maximum Gasteiger partial charge on any atom is 0.436 e. The quantitative estimate of drug-likeness (QED) is 0.561. The van der Waals surface area contributed by atoms with E-state index in [1.54, 1.807) is 0 Å². The largest absolute Gasteiger partial charge is 0.436 e. The van der Waals surface area contributed by atoms with Gasteiger partial charge in [0.2, 0.25) is 0 Å². The first-order valence-corrected chi connectivity index (χ1v) is 4.79. The Morgan fingerprint density at radius 3 is 2.60 bits per heavy atom. The number of thiocarbonyl (C=S) groups is 1. The summed E-state index contributed by atoms with van der Waals surface area (Å²) in [7, 11) is 0. The number of carbonyl (C=O) groups excluding carboxylic acids is 1. The maximum atomic E-state index is 11.5. The van der Waals surface area contributed by atoms with E-state index in [-0.39, 0.29) is 11.0 Å². The minimum atomic E-state index is -0.307. The van der Waals surface area contributed by atoms with Crippen LogP contribution in [-0.2, 0) is 4.79 Å². The molecule has 0 fully saturated rings. The summed E-state index contributed by atoms with van der Waals surface area (Å²) in [5.41, 5.74) is 2.16. The summed E-state index contributed by atoms with van der Waals surface area (Å²) in [5, 5.41) is 6.19. The van der Waals surface area contributed by atoms with Gasteiger partial charge < -0.3 is 0 Å². The van der Waals surface area contributed by atoms with Gasteiger partial charge in [-0.3, -0.25) is 10.1 Å². The third-order valence-corrected chi connectivity index (χ3v) is 2.19. The number of aryl methyl sites for hydroxylation is 1. The van der Waals surface area contributed by atoms with Crippen molar-refractivity contribution in [1.29, 1.82) is 0 Å². The van der Waals surface area contributed by atoms with E-state index < -0.39 is 0 Å². The molecule has 0 atom stereocenters. The van der Waals surface area contributed by atoms with Crippen molar-refractivity contribution in [1.82, 2.24) is 5.32 Å². The number of nitrogens with one attached hydrogen (secondary N) is 1. The normalized spacial score (nSPS) is 14.9. The maximum absolute atomic E-state index is 11.5. The Morgan fingerprint density at radius 2 is 2.00 bits per heavy atom. The second kappa shape index (κ2) is 3.73. The van der Waals surface area contributed by atoms with Gasteiger partial charge in [0.1, 0.15) is 0 Å². The lowest BCUT2D eigenvalue weighted by Crippen LogP contribution is -2.38. The van der Waals surface area contributed by atoms with Gasteiger partial charge in [0.05, 0.1) is 10.4 Å². The summed E-state index contributed by atoms with van der Waals surface area (Å²) in [6.07, 6.45) is 0. The topological polar surface area (TPSA) is 55.6 Å². The van der Waals surface area contributed by atoms with Crippen LogP contribution in [0, 0.1) is 6.92 Å². The van der Waals surface area contributed by atoms with Crippen LogP contribution in [0.15, 0.2) is 29.4 Å². The molecule has 0 aromatic heterocycles. The minimum absolute atomic E-state index is 0.107. The van der Waals surface area contributed by atoms with Crippen LogP contribution >= 0.6 is 12.2 Å². The summed E-state index contributed by atoms with van der Waals surface area (Å²) < 4.78 is 0. The molecular weight excluding hydrogens is 210 g/mol. The molecule has 4 nitrogen and oxygen atoms in total. The Bertz CT molecular complexity index is 498. The van der Waals surface area contributed by atoms with Crippen LogP contribution in [0.25, 0.3) is 0 Å². The molecule has 1 heterocycles. The van der Waals surface area contributed by atoms with Crippen molar-refractivity contribution in [3.8, 4) is 0 Å². The van der Waals surface area contributed by atoms with Crippen LogP contribution in [0.4, 0.5) is 0 Å². The zero-order chi connectivity index (χ0) is 10.8. The molecule has 0 aliphatic carbocycles. The van der Waals surface area contributed by atoms with Crippen LogP contribution in [0.3, 0.4) is 0 Å². The highest BCUT2D eigenvalue weighted by Gasteiger charge is 2.30. The summed E-state index contributed by atoms with van der Waals surface area (Å²) >= 11 is 4.70. The molecule has 74 valence electrons. The van der Waals surface area contributed by atoms with Crippen LogP contribution < -0.4 is 5.32 Å². The average molecular weight is 218 g/mol. The number of carbonyl (C=O) groups is 1. The van der Waals surface area contributed by atoms with E-state index >= 15 is 0 Å². The Balaban J connectivity index is 2.47. The highest BCUT2D eigenvalue weighted by Crippen LogP contribution is 2.04. The fraction of sp³-hybridized carbons (Fsp3) is 0.100. The lowest BCUT2D eigenvalue weighted by atomic mass is 10.1. The summed E-state index contributed by atoms with van der Waals surface area (Å²) in [6, 6.07) is 7.49. The second-order valence-electron chi connectivity index (χ2n) is 3.17. The van der Waals surface area contributed by atoms with E-state index in [2.05, 4.69) is 15.2 Å². The molecule has 1 aromatic carbocycles. The summed E-state index contributed by atoms with van der Waals surface area (Å²) in [6.45, 7) is 1.98. The molecule has 0 bridgehead atoms. The van der Waals surface area contributed by atoms with Crippen molar-refractivity contribution in [2.75, 3.05) is 0 Å². The summed E-state index contributed by atoms with van der Waals surface area (Å²) in [4.78, 5) is 15.3. The SMILES string of the molecule is Cc1ccc(C2=[N+]=NC(=S)NC2=O)cc1. The molecule has 0 radical (unpaired) electrons. The first-order chi connectivity index (χ1) is 7.16. The molecule has 1 N–H and O–H groups in total. The lowest BCUT2D eigenvalue weighted by molar-refractivity contribution is -0.125. The molecule has 0 spiro atoms. The predicted octanol–water partition coefficient (Wildman–Crippen LogP) is 0.859. The van der Waals surface area contributed by atoms with E-state index in [1.165, 1.54) is 0 Å². The van der Waals surface area contributed by atoms with Crippen molar-refractivity contribution < 1.29 is 9.58 Å². The van der Waals surface area contributed by atoms with Crippen molar-refractivity contribution in [3.05, 3.63) is 35.4 Å². The van der Waals surface area contributed by atoms with Gasteiger partial charge >= 0.3 is 11.6 Å². The molecule has 1 aliphatic rings. The zero-order valence-electron chi connectivity index (χ0n) is 8.02. The van der Waals surface area contributed by atoms with Gasteiger partial charge in [-0.2, -0.15) is 0 Å². The molecular formula is C10H8N3OS+. The Labute approximate surface area is 91.7 Å². The Hall–Kier alpha value is -1.84. The molecule has 2 rings (SSSR count). The minimum Gasteiger partial charge on any atom is -0.285 e. The van der Waals surface area contributed by atoms with Gasteiger partial charge in [0, 0.05) is 0 Å². The zero-order valence-corrected chi connectivity index (χ0v) is 8.84. The Kier molecular flexibility index (Phi) is 2.41. The van der Waals surface area contributed by atoms with Gasteiger partial charge in [-0.05, 0) is 31.3 Å². The number of hydrogen-bond acceptors (Lipinski definition) is 2. The van der Waals surface area contributed by atoms with Crippen molar-refractivity contribution in [2.45, 2.75) is 6.92 Å². The van der Waals surface area contributed by atoms with E-state index in [1.807, 2.05) is 31.2 Å². The molecule has 1 aromatic rings. The first kappa shape index (κ1) is 9.71. The molecule has 5 heteroatoms. The fourth-order valence-corrected chi connectivity index (χ4v) is 1.36. The molecule has 0 unspecified atom stereocenters. The van der Waals surface area contributed by atoms with Gasteiger partial charge in [0.25, 0.3) is 5.11 Å². The van der Waals surface area contributed by atoms with Gasteiger partial charge in [-0.25, -0.2) is 0 Å². The predicted molar refractivity (Wildman–Crippen MR) is 58.7 cm³/mol. The van der Waals surface area contributed by atoms with E-state index in [0.717, 1.165) is 11.1 Å². The van der Waals surface area contributed by atoms with Crippen LogP contribution in [0.5, 0.6) is 0 Å². The smallest absolute Gasteiger partial charge is 0.285 e. The van der Waals surface area contributed by atoms with E-state index in [4.69, 9.17) is 12.2 Å². The van der Waals surface area contributed by atoms with Crippen molar-refractivity contribution in [2.24, 2.45) is 5.11 Å². The number of hydrogen-bond donors (Lipinski definition) is 1. The van der Waals surface area contributed by atoms with Gasteiger partial charge in [-0.15, -0.1) is 0 Å². The molecule has 1 aliphatic heterocycles. The van der Waals surface area contributed by atoms with Crippen LogP contribution in [-0.4, -0.2) is 21.5 Å². The molecule has 15 heavy (non-hydrogen) atoms. The van der Waals surface area contributed by atoms with Crippen LogP contribution in [0.2, 0.25) is 0 Å². The average Bonchev–Trinajstić information content (AvgIpc) is 2.20.